The van der Waals surface area contributed by atoms with E-state index in [0.717, 1.165) is 31.4 Å². The second kappa shape index (κ2) is 5.75. The fourth-order valence-corrected chi connectivity index (χ4v) is 3.43. The maximum atomic E-state index is 13.5. The number of aromatic nitrogens is 2. The molecule has 0 aliphatic heterocycles. The van der Waals surface area contributed by atoms with Crippen LogP contribution in [0.4, 0.5) is 4.39 Å². The van der Waals surface area contributed by atoms with Crippen LogP contribution >= 0.6 is 22.6 Å². The lowest BCUT2D eigenvalue weighted by Gasteiger charge is -2.12. The molecule has 0 unspecified atom stereocenters. The van der Waals surface area contributed by atoms with Gasteiger partial charge in [0.15, 0.2) is 11.6 Å². The number of rotatable bonds is 2. The minimum absolute atomic E-state index is 0.198. The summed E-state index contributed by atoms with van der Waals surface area (Å²) >= 11 is 2.02. The molecular weight excluding hydrogens is 386 g/mol. The van der Waals surface area contributed by atoms with E-state index < -0.39 is 11.6 Å². The number of aromatic hydroxyl groups is 1. The summed E-state index contributed by atoms with van der Waals surface area (Å²) in [4.78, 5) is 19.3. The Kier molecular flexibility index (Phi) is 3.97. The highest BCUT2D eigenvalue weighted by Crippen LogP contribution is 2.35. The number of hydrogen-bond acceptors (Lipinski definition) is 3. The van der Waals surface area contributed by atoms with Gasteiger partial charge in [-0.05, 0) is 53.6 Å². The summed E-state index contributed by atoms with van der Waals surface area (Å²) in [7, 11) is 0. The highest BCUT2D eigenvalue weighted by atomic mass is 127. The summed E-state index contributed by atoms with van der Waals surface area (Å²) < 4.78 is 14.1. The van der Waals surface area contributed by atoms with Crippen molar-refractivity contribution >= 4 is 22.6 Å². The fraction of sp³-hybridized carbons (Fsp3) is 0.333. The van der Waals surface area contributed by atoms with E-state index in [9.17, 15) is 14.3 Å². The summed E-state index contributed by atoms with van der Waals surface area (Å²) in [5.41, 5.74) is 1.06. The first kappa shape index (κ1) is 14.5. The SMILES string of the molecule is O=c1[nH]c(-c2ccc(O)c(F)c2)nc(C2CCCC2)c1I. The van der Waals surface area contributed by atoms with Crippen LogP contribution in [-0.2, 0) is 0 Å². The largest absolute Gasteiger partial charge is 0.505 e. The molecule has 0 saturated heterocycles. The minimum atomic E-state index is -0.726. The molecule has 0 amide bonds. The van der Waals surface area contributed by atoms with Gasteiger partial charge in [0, 0.05) is 11.5 Å². The van der Waals surface area contributed by atoms with Crippen molar-refractivity contribution < 1.29 is 9.50 Å². The molecule has 2 N–H and O–H groups in total. The predicted octanol–water partition coefficient (Wildman–Crippen LogP) is 3.54. The van der Waals surface area contributed by atoms with Crippen molar-refractivity contribution in [3.63, 3.8) is 0 Å². The third-order valence-corrected chi connectivity index (χ3v) is 4.89. The van der Waals surface area contributed by atoms with Gasteiger partial charge >= 0.3 is 0 Å². The first-order valence-electron chi connectivity index (χ1n) is 6.85. The molecule has 1 saturated carbocycles. The number of hydrogen-bond donors (Lipinski definition) is 2. The van der Waals surface area contributed by atoms with E-state index in [1.165, 1.54) is 12.1 Å². The van der Waals surface area contributed by atoms with Crippen LogP contribution in [0.5, 0.6) is 5.75 Å². The van der Waals surface area contributed by atoms with Gasteiger partial charge in [0.2, 0.25) is 0 Å². The van der Waals surface area contributed by atoms with E-state index in [-0.39, 0.29) is 5.56 Å². The maximum absolute atomic E-state index is 13.5. The summed E-state index contributed by atoms with van der Waals surface area (Å²) in [5.74, 6) is -0.486. The van der Waals surface area contributed by atoms with Crippen LogP contribution in [0.1, 0.15) is 37.3 Å². The molecule has 1 aromatic carbocycles. The van der Waals surface area contributed by atoms with E-state index in [1.54, 1.807) is 6.07 Å². The first-order valence-corrected chi connectivity index (χ1v) is 7.92. The van der Waals surface area contributed by atoms with Gasteiger partial charge in [0.1, 0.15) is 5.82 Å². The third-order valence-electron chi connectivity index (χ3n) is 3.85. The summed E-state index contributed by atoms with van der Waals surface area (Å²) in [5, 5.41) is 9.25. The number of nitrogens with zero attached hydrogens (tertiary/aromatic N) is 1. The monoisotopic (exact) mass is 400 g/mol. The molecule has 3 rings (SSSR count). The average molecular weight is 400 g/mol. The molecule has 0 radical (unpaired) electrons. The Labute approximate surface area is 134 Å². The Morgan fingerprint density at radius 2 is 2.05 bits per heavy atom. The highest BCUT2D eigenvalue weighted by Gasteiger charge is 2.23. The zero-order chi connectivity index (χ0) is 15.0. The Morgan fingerprint density at radius 1 is 1.33 bits per heavy atom. The molecule has 1 aliphatic carbocycles. The Bertz CT molecular complexity index is 739. The zero-order valence-electron chi connectivity index (χ0n) is 11.2. The van der Waals surface area contributed by atoms with Crippen LogP contribution in [0.15, 0.2) is 23.0 Å². The van der Waals surface area contributed by atoms with Crippen LogP contribution in [-0.4, -0.2) is 15.1 Å². The summed E-state index contributed by atoms with van der Waals surface area (Å²) in [6, 6.07) is 3.98. The van der Waals surface area contributed by atoms with Crippen molar-refractivity contribution in [2.45, 2.75) is 31.6 Å². The Hall–Kier alpha value is -1.44. The lowest BCUT2D eigenvalue weighted by atomic mass is 10.0. The van der Waals surface area contributed by atoms with Crippen molar-refractivity contribution in [2.75, 3.05) is 0 Å². The zero-order valence-corrected chi connectivity index (χ0v) is 13.4. The Morgan fingerprint density at radius 3 is 2.71 bits per heavy atom. The van der Waals surface area contributed by atoms with Crippen LogP contribution in [0, 0.1) is 9.39 Å². The van der Waals surface area contributed by atoms with Crippen molar-refractivity contribution in [3.8, 4) is 17.1 Å². The number of benzene rings is 1. The molecule has 0 spiro atoms. The molecule has 1 heterocycles. The number of nitrogens with one attached hydrogen (secondary N) is 1. The van der Waals surface area contributed by atoms with E-state index in [2.05, 4.69) is 9.97 Å². The minimum Gasteiger partial charge on any atom is -0.505 e. The van der Waals surface area contributed by atoms with Crippen molar-refractivity contribution in [1.82, 2.24) is 9.97 Å². The molecule has 6 heteroatoms. The second-order valence-corrected chi connectivity index (χ2v) is 6.34. The number of phenolic OH excluding ortho intramolecular Hbond substituents is 1. The van der Waals surface area contributed by atoms with Gasteiger partial charge in [-0.2, -0.15) is 0 Å². The van der Waals surface area contributed by atoms with Crippen molar-refractivity contribution in [3.05, 3.63) is 43.6 Å². The molecule has 110 valence electrons. The molecular formula is C15H14FIN2O2. The van der Waals surface area contributed by atoms with Gasteiger partial charge in [-0.1, -0.05) is 12.8 Å². The summed E-state index contributed by atoms with van der Waals surface area (Å²) in [6.45, 7) is 0. The molecule has 0 bridgehead atoms. The number of phenols is 1. The predicted molar refractivity (Wildman–Crippen MR) is 85.8 cm³/mol. The normalized spacial score (nSPS) is 15.5. The van der Waals surface area contributed by atoms with Crippen LogP contribution in [0.3, 0.4) is 0 Å². The quantitative estimate of drug-likeness (QED) is 0.758. The molecule has 0 atom stereocenters. The molecule has 21 heavy (non-hydrogen) atoms. The van der Waals surface area contributed by atoms with E-state index in [1.807, 2.05) is 22.6 Å². The average Bonchev–Trinajstić information content (AvgIpc) is 2.98. The van der Waals surface area contributed by atoms with Crippen molar-refractivity contribution in [1.29, 1.82) is 0 Å². The topological polar surface area (TPSA) is 66.0 Å². The third kappa shape index (κ3) is 2.81. The lowest BCUT2D eigenvalue weighted by Crippen LogP contribution is -2.18. The second-order valence-electron chi connectivity index (χ2n) is 5.26. The van der Waals surface area contributed by atoms with Crippen molar-refractivity contribution in [2.24, 2.45) is 0 Å². The Balaban J connectivity index is 2.10. The van der Waals surface area contributed by atoms with Gasteiger partial charge in [0.25, 0.3) is 5.56 Å². The van der Waals surface area contributed by atoms with E-state index in [0.29, 0.717) is 20.9 Å². The number of H-pyrrole nitrogens is 1. The van der Waals surface area contributed by atoms with E-state index in [4.69, 9.17) is 0 Å². The van der Waals surface area contributed by atoms with Gasteiger partial charge in [-0.3, -0.25) is 4.79 Å². The highest BCUT2D eigenvalue weighted by molar-refractivity contribution is 14.1. The number of halogens is 2. The van der Waals surface area contributed by atoms with Gasteiger partial charge in [0.05, 0.1) is 9.26 Å². The van der Waals surface area contributed by atoms with Gasteiger partial charge in [-0.25, -0.2) is 9.37 Å². The fourth-order valence-electron chi connectivity index (χ4n) is 2.74. The smallest absolute Gasteiger partial charge is 0.264 e. The molecule has 1 aromatic heterocycles. The summed E-state index contributed by atoms with van der Waals surface area (Å²) in [6.07, 6.45) is 4.38. The number of aromatic amines is 1. The molecule has 1 aliphatic rings. The molecule has 4 nitrogen and oxygen atoms in total. The van der Waals surface area contributed by atoms with Crippen LogP contribution in [0.25, 0.3) is 11.4 Å². The molecule has 1 fully saturated rings. The van der Waals surface area contributed by atoms with Gasteiger partial charge in [-0.15, -0.1) is 0 Å². The first-order chi connectivity index (χ1) is 10.1. The molecule has 2 aromatic rings. The van der Waals surface area contributed by atoms with Gasteiger partial charge < -0.3 is 10.1 Å². The van der Waals surface area contributed by atoms with Crippen LogP contribution in [0.2, 0.25) is 0 Å². The van der Waals surface area contributed by atoms with E-state index >= 15 is 0 Å². The van der Waals surface area contributed by atoms with Crippen LogP contribution < -0.4 is 5.56 Å². The standard InChI is InChI=1S/C15H14FIN2O2/c16-10-7-9(5-6-11(10)20)14-18-13(8-3-1-2-4-8)12(17)15(21)19-14/h5-8,20H,1-4H2,(H,18,19,21). The lowest BCUT2D eigenvalue weighted by molar-refractivity contribution is 0.432. The maximum Gasteiger partial charge on any atom is 0.264 e.